The molecule has 1 N–H and O–H groups in total. The summed E-state index contributed by atoms with van der Waals surface area (Å²) in [5.41, 5.74) is 2.23. The van der Waals surface area contributed by atoms with Gasteiger partial charge in [-0.05, 0) is 109 Å². The monoisotopic (exact) mass is 708 g/mol. The van der Waals surface area contributed by atoms with E-state index < -0.39 is 17.1 Å². The number of carbonyl (C=O) groups is 3. The van der Waals surface area contributed by atoms with Crippen LogP contribution in [0.4, 0.5) is 10.5 Å². The zero-order valence-corrected chi connectivity index (χ0v) is 24.9. The highest BCUT2D eigenvalue weighted by molar-refractivity contribution is 9.11. The maximum atomic E-state index is 12.9. The first kappa shape index (κ1) is 27.4. The van der Waals surface area contributed by atoms with E-state index in [9.17, 15) is 14.4 Å². The molecule has 1 saturated heterocycles. The normalized spacial score (nSPS) is 14.3. The van der Waals surface area contributed by atoms with Crippen molar-refractivity contribution in [3.05, 3.63) is 90.1 Å². The molecule has 7 nitrogen and oxygen atoms in total. The zero-order chi connectivity index (χ0) is 26.5. The van der Waals surface area contributed by atoms with E-state index in [0.717, 1.165) is 26.7 Å². The molecule has 1 aliphatic heterocycles. The summed E-state index contributed by atoms with van der Waals surface area (Å²) in [5.74, 6) is 0.258. The van der Waals surface area contributed by atoms with Gasteiger partial charge in [-0.25, -0.2) is 0 Å². The van der Waals surface area contributed by atoms with Gasteiger partial charge in [-0.15, -0.1) is 0 Å². The number of hydrogen-bond donors (Lipinski definition) is 1. The predicted molar refractivity (Wildman–Crippen MR) is 155 cm³/mol. The van der Waals surface area contributed by atoms with Crippen LogP contribution < -0.4 is 14.8 Å². The molecule has 0 radical (unpaired) electrons. The number of amides is 3. The third-order valence-electron chi connectivity index (χ3n) is 5.16. The van der Waals surface area contributed by atoms with Gasteiger partial charge in [-0.1, -0.05) is 28.1 Å². The summed E-state index contributed by atoms with van der Waals surface area (Å²) >= 11 is 11.3. The second-order valence-corrected chi connectivity index (χ2v) is 11.4. The number of hydrogen-bond acceptors (Lipinski definition) is 6. The lowest BCUT2D eigenvalue weighted by atomic mass is 10.2. The fourth-order valence-corrected chi connectivity index (χ4v) is 5.90. The highest BCUT2D eigenvalue weighted by Gasteiger charge is 2.36. The Morgan fingerprint density at radius 1 is 1.00 bits per heavy atom. The minimum absolute atomic E-state index is 0.226. The maximum Gasteiger partial charge on any atom is 0.294 e. The first-order valence-corrected chi connectivity index (χ1v) is 14.0. The fraction of sp³-hybridized carbons (Fsp3) is 0.115. The topological polar surface area (TPSA) is 84.9 Å². The number of ether oxygens (including phenoxy) is 2. The Hall–Kier alpha value is -2.60. The summed E-state index contributed by atoms with van der Waals surface area (Å²) in [7, 11) is 1.55. The van der Waals surface area contributed by atoms with Crippen LogP contribution in [-0.4, -0.2) is 35.6 Å². The van der Waals surface area contributed by atoms with Crippen molar-refractivity contribution in [2.45, 2.75) is 6.61 Å². The lowest BCUT2D eigenvalue weighted by molar-refractivity contribution is -0.127. The number of methoxy groups -OCH3 is 1. The second-order valence-electron chi connectivity index (χ2n) is 7.77. The summed E-state index contributed by atoms with van der Waals surface area (Å²) in [6, 6.07) is 18.2. The Bertz CT molecular complexity index is 1350. The number of halogens is 3. The lowest BCUT2D eigenvalue weighted by Crippen LogP contribution is -2.36. The molecule has 190 valence electrons. The number of nitrogens with zero attached hydrogens (tertiary/aromatic N) is 1. The molecule has 0 aliphatic carbocycles. The molecule has 0 spiro atoms. The van der Waals surface area contributed by atoms with E-state index in [1.807, 2.05) is 24.3 Å². The van der Waals surface area contributed by atoms with Gasteiger partial charge in [0.15, 0.2) is 0 Å². The van der Waals surface area contributed by atoms with Gasteiger partial charge >= 0.3 is 0 Å². The van der Waals surface area contributed by atoms with Crippen molar-refractivity contribution < 1.29 is 23.9 Å². The van der Waals surface area contributed by atoms with Crippen molar-refractivity contribution >= 4 is 88.4 Å². The Kier molecular flexibility index (Phi) is 9.12. The first-order valence-electron chi connectivity index (χ1n) is 10.8. The third-order valence-corrected chi connectivity index (χ3v) is 7.78. The Labute approximate surface area is 243 Å². The molecule has 3 amide bonds. The van der Waals surface area contributed by atoms with E-state index in [0.29, 0.717) is 38.3 Å². The van der Waals surface area contributed by atoms with Crippen LogP contribution >= 0.6 is 59.6 Å². The molecule has 11 heteroatoms. The molecule has 0 saturated carbocycles. The summed E-state index contributed by atoms with van der Waals surface area (Å²) < 4.78 is 13.4. The van der Waals surface area contributed by atoms with Crippen molar-refractivity contribution in [1.29, 1.82) is 0 Å². The summed E-state index contributed by atoms with van der Waals surface area (Å²) in [5, 5.41) is 2.17. The van der Waals surface area contributed by atoms with E-state index in [1.54, 1.807) is 49.6 Å². The van der Waals surface area contributed by atoms with Gasteiger partial charge in [0, 0.05) is 10.2 Å². The maximum absolute atomic E-state index is 12.9. The molecular formula is C26H19Br3N2O5S. The van der Waals surface area contributed by atoms with Crippen LogP contribution in [0.15, 0.2) is 79.0 Å². The van der Waals surface area contributed by atoms with Crippen LogP contribution in [-0.2, 0) is 16.2 Å². The smallest absolute Gasteiger partial charge is 0.294 e. The molecule has 1 heterocycles. The molecule has 1 aliphatic rings. The van der Waals surface area contributed by atoms with Gasteiger partial charge in [0.1, 0.15) is 24.7 Å². The van der Waals surface area contributed by atoms with Crippen molar-refractivity contribution in [3.8, 4) is 11.5 Å². The number of anilines is 1. The Balaban J connectivity index is 1.41. The predicted octanol–water partition coefficient (Wildman–Crippen LogP) is 7.24. The van der Waals surface area contributed by atoms with Gasteiger partial charge in [0.25, 0.3) is 11.1 Å². The van der Waals surface area contributed by atoms with Crippen LogP contribution in [0.3, 0.4) is 0 Å². The highest BCUT2D eigenvalue weighted by atomic mass is 79.9. The van der Waals surface area contributed by atoms with Crippen molar-refractivity contribution in [2.24, 2.45) is 0 Å². The molecule has 1 fully saturated rings. The standard InChI is InChI=1S/C26H19Br3N2O5S/c1-35-19-8-6-18(7-9-19)30-23(32)13-31-25(33)22(37-26(31)34)12-16-10-20(28)24(21(29)11-16)36-14-15-2-4-17(27)5-3-15/h2-12H,13-14H2,1H3,(H,30,32)/b22-12+. The van der Waals surface area contributed by atoms with Crippen molar-refractivity contribution in [3.63, 3.8) is 0 Å². The molecule has 3 aromatic carbocycles. The molecule has 37 heavy (non-hydrogen) atoms. The van der Waals surface area contributed by atoms with E-state index >= 15 is 0 Å². The number of imide groups is 1. The highest BCUT2D eigenvalue weighted by Crippen LogP contribution is 2.38. The van der Waals surface area contributed by atoms with Gasteiger partial charge in [0.05, 0.1) is 21.0 Å². The van der Waals surface area contributed by atoms with Crippen LogP contribution in [0.1, 0.15) is 11.1 Å². The van der Waals surface area contributed by atoms with Gasteiger partial charge < -0.3 is 14.8 Å². The van der Waals surface area contributed by atoms with Gasteiger partial charge in [0.2, 0.25) is 5.91 Å². The van der Waals surface area contributed by atoms with Crippen LogP contribution in [0, 0.1) is 0 Å². The number of carbonyl (C=O) groups excluding carboxylic acids is 3. The van der Waals surface area contributed by atoms with Gasteiger partial charge in [-0.2, -0.15) is 0 Å². The summed E-state index contributed by atoms with van der Waals surface area (Å²) in [6.07, 6.45) is 1.61. The third kappa shape index (κ3) is 7.04. The SMILES string of the molecule is COc1ccc(NC(=O)CN2C(=O)S/C(=C/c3cc(Br)c(OCc4ccc(Br)cc4)c(Br)c3)C2=O)cc1. The number of rotatable bonds is 8. The molecular weight excluding hydrogens is 692 g/mol. The molecule has 3 aromatic rings. The number of benzene rings is 3. The first-order chi connectivity index (χ1) is 17.7. The average molecular weight is 711 g/mol. The lowest BCUT2D eigenvalue weighted by Gasteiger charge is -2.13. The summed E-state index contributed by atoms with van der Waals surface area (Å²) in [6.45, 7) is -0.00837. The van der Waals surface area contributed by atoms with E-state index in [-0.39, 0.29) is 11.4 Å². The minimum Gasteiger partial charge on any atom is -0.497 e. The molecule has 0 aromatic heterocycles. The van der Waals surface area contributed by atoms with Crippen molar-refractivity contribution in [2.75, 3.05) is 19.0 Å². The molecule has 0 bridgehead atoms. The van der Waals surface area contributed by atoms with E-state index in [1.165, 1.54) is 0 Å². The van der Waals surface area contributed by atoms with E-state index in [4.69, 9.17) is 9.47 Å². The van der Waals surface area contributed by atoms with Crippen LogP contribution in [0.5, 0.6) is 11.5 Å². The molecule has 4 rings (SSSR count). The number of thioether (sulfide) groups is 1. The summed E-state index contributed by atoms with van der Waals surface area (Å²) in [4.78, 5) is 38.9. The van der Waals surface area contributed by atoms with Crippen LogP contribution in [0.25, 0.3) is 6.08 Å². The number of nitrogens with one attached hydrogen (secondary N) is 1. The van der Waals surface area contributed by atoms with Crippen LogP contribution in [0.2, 0.25) is 0 Å². The zero-order valence-electron chi connectivity index (χ0n) is 19.3. The molecule has 0 atom stereocenters. The van der Waals surface area contributed by atoms with Crippen molar-refractivity contribution in [1.82, 2.24) is 4.90 Å². The Morgan fingerprint density at radius 2 is 1.65 bits per heavy atom. The minimum atomic E-state index is -0.525. The Morgan fingerprint density at radius 3 is 2.27 bits per heavy atom. The fourth-order valence-electron chi connectivity index (χ4n) is 3.34. The van der Waals surface area contributed by atoms with Gasteiger partial charge in [-0.3, -0.25) is 19.3 Å². The van der Waals surface area contributed by atoms with E-state index in [2.05, 4.69) is 53.1 Å². The largest absolute Gasteiger partial charge is 0.497 e. The quantitative estimate of drug-likeness (QED) is 0.248. The molecule has 0 unspecified atom stereocenters. The average Bonchev–Trinajstić information content (AvgIpc) is 3.12. The second kappa shape index (κ2) is 12.3.